The zero-order valence-electron chi connectivity index (χ0n) is 21.9. The van der Waals surface area contributed by atoms with Crippen molar-refractivity contribution in [3.8, 4) is 0 Å². The standard InChI is InChI=1S/C21H32.2C3H8.C2H6/c1-5-7-8-11-18-14-17(4)21(19(6-2)15-18)20-12-9-10-16(3)13-20;2*1-3-2;1-2/h13-15,20H,5-12H2,1-4H3;2*3H2,1-2H3;1-2H3. The molecule has 0 radical (unpaired) electrons. The molecule has 0 bridgehead atoms. The molecule has 0 N–H and O–H groups in total. The van der Waals surface area contributed by atoms with Gasteiger partial charge in [0, 0.05) is 5.92 Å². The number of hydrogen-bond donors (Lipinski definition) is 0. The van der Waals surface area contributed by atoms with Crippen molar-refractivity contribution in [1.29, 1.82) is 0 Å². The highest BCUT2D eigenvalue weighted by atomic mass is 14.2. The van der Waals surface area contributed by atoms with Gasteiger partial charge in [0.15, 0.2) is 0 Å². The first kappa shape index (κ1) is 30.2. The first-order valence-corrected chi connectivity index (χ1v) is 12.8. The molecule has 0 amide bonds. The lowest BCUT2D eigenvalue weighted by Crippen LogP contribution is -2.08. The molecule has 170 valence electrons. The van der Waals surface area contributed by atoms with Crippen molar-refractivity contribution in [2.24, 2.45) is 0 Å². The van der Waals surface area contributed by atoms with E-state index in [4.69, 9.17) is 0 Å². The Kier molecular flexibility index (Phi) is 21.0. The molecule has 0 aliphatic heterocycles. The largest absolute Gasteiger partial charge is 0.0781 e. The summed E-state index contributed by atoms with van der Waals surface area (Å²) >= 11 is 0. The minimum Gasteiger partial charge on any atom is -0.0781 e. The van der Waals surface area contributed by atoms with Gasteiger partial charge >= 0.3 is 0 Å². The molecule has 0 nitrogen and oxygen atoms in total. The van der Waals surface area contributed by atoms with E-state index in [2.05, 4.69) is 73.6 Å². The maximum atomic E-state index is 2.53. The number of unbranched alkanes of at least 4 members (excludes halogenated alkanes) is 2. The second kappa shape index (κ2) is 20.2. The van der Waals surface area contributed by atoms with Crippen LogP contribution in [0.25, 0.3) is 0 Å². The van der Waals surface area contributed by atoms with Crippen molar-refractivity contribution < 1.29 is 0 Å². The van der Waals surface area contributed by atoms with Crippen molar-refractivity contribution in [2.45, 2.75) is 139 Å². The summed E-state index contributed by atoms with van der Waals surface area (Å²) in [7, 11) is 0. The van der Waals surface area contributed by atoms with Crippen molar-refractivity contribution in [1.82, 2.24) is 0 Å². The first-order chi connectivity index (χ1) is 14.0. The Hall–Kier alpha value is -1.04. The van der Waals surface area contributed by atoms with Crippen LogP contribution in [0.3, 0.4) is 0 Å². The Labute approximate surface area is 185 Å². The van der Waals surface area contributed by atoms with Gasteiger partial charge in [-0.3, -0.25) is 0 Å². The molecule has 0 heterocycles. The van der Waals surface area contributed by atoms with E-state index in [1.165, 1.54) is 69.8 Å². The van der Waals surface area contributed by atoms with Crippen molar-refractivity contribution in [3.63, 3.8) is 0 Å². The molecule has 0 saturated carbocycles. The zero-order chi connectivity index (χ0) is 22.7. The summed E-state index contributed by atoms with van der Waals surface area (Å²) in [5, 5.41) is 0. The number of allylic oxidation sites excluding steroid dienone is 2. The van der Waals surface area contributed by atoms with Crippen LogP contribution in [0.5, 0.6) is 0 Å². The molecule has 29 heavy (non-hydrogen) atoms. The highest BCUT2D eigenvalue weighted by molar-refractivity contribution is 5.43. The van der Waals surface area contributed by atoms with Gasteiger partial charge < -0.3 is 0 Å². The Balaban J connectivity index is 0. The summed E-state index contributed by atoms with van der Waals surface area (Å²) in [6, 6.07) is 4.96. The minimum absolute atomic E-state index is 0.665. The molecular weight excluding hydrogens is 348 g/mol. The second-order valence-electron chi connectivity index (χ2n) is 8.22. The van der Waals surface area contributed by atoms with Crippen molar-refractivity contribution in [3.05, 3.63) is 46.0 Å². The summed E-state index contributed by atoms with van der Waals surface area (Å²) in [4.78, 5) is 0. The first-order valence-electron chi connectivity index (χ1n) is 12.8. The van der Waals surface area contributed by atoms with Gasteiger partial charge in [-0.05, 0) is 74.6 Å². The van der Waals surface area contributed by atoms with E-state index in [-0.39, 0.29) is 0 Å². The third-order valence-corrected chi connectivity index (χ3v) is 4.92. The van der Waals surface area contributed by atoms with Crippen LogP contribution in [0.4, 0.5) is 0 Å². The van der Waals surface area contributed by atoms with Crippen molar-refractivity contribution >= 4 is 0 Å². The normalized spacial score (nSPS) is 15.0. The predicted octanol–water partition coefficient (Wildman–Crippen LogP) is 10.4. The lowest BCUT2D eigenvalue weighted by Gasteiger charge is -2.25. The molecule has 2 rings (SSSR count). The van der Waals surface area contributed by atoms with Crippen LogP contribution < -0.4 is 0 Å². The molecule has 1 atom stereocenters. The fourth-order valence-electron chi connectivity index (χ4n) is 3.84. The van der Waals surface area contributed by atoms with E-state index in [0.717, 1.165) is 0 Å². The molecule has 0 aromatic heterocycles. The predicted molar refractivity (Wildman–Crippen MR) is 137 cm³/mol. The fraction of sp³-hybridized carbons (Fsp3) is 0.724. The van der Waals surface area contributed by atoms with Crippen LogP contribution in [0.1, 0.15) is 142 Å². The van der Waals surface area contributed by atoms with Gasteiger partial charge in [-0.2, -0.15) is 0 Å². The third kappa shape index (κ3) is 13.0. The lowest BCUT2D eigenvalue weighted by atomic mass is 9.80. The van der Waals surface area contributed by atoms with E-state index in [1.807, 2.05) is 13.8 Å². The Morgan fingerprint density at radius 3 is 1.93 bits per heavy atom. The van der Waals surface area contributed by atoms with E-state index < -0.39 is 0 Å². The molecule has 1 aliphatic rings. The van der Waals surface area contributed by atoms with Crippen molar-refractivity contribution in [2.75, 3.05) is 0 Å². The highest BCUT2D eigenvalue weighted by Gasteiger charge is 2.18. The Morgan fingerprint density at radius 1 is 0.862 bits per heavy atom. The van der Waals surface area contributed by atoms with E-state index in [1.54, 1.807) is 22.3 Å². The van der Waals surface area contributed by atoms with E-state index in [9.17, 15) is 0 Å². The smallest absolute Gasteiger partial charge is 0.00260 e. The summed E-state index contributed by atoms with van der Waals surface area (Å²) in [6.07, 6.45) is 15.4. The third-order valence-electron chi connectivity index (χ3n) is 4.92. The summed E-state index contributed by atoms with van der Waals surface area (Å²) in [6.45, 7) is 21.7. The van der Waals surface area contributed by atoms with Crippen LogP contribution in [-0.4, -0.2) is 0 Å². The van der Waals surface area contributed by atoms with Crippen LogP contribution in [-0.2, 0) is 12.8 Å². The monoisotopic (exact) mass is 402 g/mol. The molecule has 0 heteroatoms. The SMILES string of the molecule is CC.CCC.CCC.CCCCCc1cc(C)c(C2C=C(C)CCC2)c(CC)c1. The molecule has 1 aromatic rings. The van der Waals surface area contributed by atoms with Gasteiger partial charge in [-0.1, -0.05) is 105 Å². The number of rotatable bonds is 6. The van der Waals surface area contributed by atoms with E-state index in [0.29, 0.717) is 5.92 Å². The second-order valence-corrected chi connectivity index (χ2v) is 8.22. The zero-order valence-corrected chi connectivity index (χ0v) is 21.9. The fourth-order valence-corrected chi connectivity index (χ4v) is 3.84. The summed E-state index contributed by atoms with van der Waals surface area (Å²) in [5.41, 5.74) is 7.89. The highest BCUT2D eigenvalue weighted by Crippen LogP contribution is 2.35. The molecule has 1 unspecified atom stereocenters. The Bertz CT molecular complexity index is 519. The summed E-state index contributed by atoms with van der Waals surface area (Å²) in [5.74, 6) is 0.665. The Morgan fingerprint density at radius 2 is 1.45 bits per heavy atom. The minimum atomic E-state index is 0.665. The van der Waals surface area contributed by atoms with Gasteiger partial charge in [0.1, 0.15) is 0 Å². The molecule has 1 aliphatic carbocycles. The summed E-state index contributed by atoms with van der Waals surface area (Å²) < 4.78 is 0. The van der Waals surface area contributed by atoms with Gasteiger partial charge in [-0.15, -0.1) is 0 Å². The molecule has 1 aromatic carbocycles. The van der Waals surface area contributed by atoms with Crippen LogP contribution >= 0.6 is 0 Å². The quantitative estimate of drug-likeness (QED) is 0.328. The molecule has 0 spiro atoms. The maximum absolute atomic E-state index is 2.53. The topological polar surface area (TPSA) is 0 Å². The molecule has 0 fully saturated rings. The van der Waals surface area contributed by atoms with Crippen LogP contribution in [0.2, 0.25) is 0 Å². The van der Waals surface area contributed by atoms with Gasteiger partial charge in [0.05, 0.1) is 0 Å². The van der Waals surface area contributed by atoms with Gasteiger partial charge in [-0.25, -0.2) is 0 Å². The average molecular weight is 403 g/mol. The molecular formula is C29H54. The van der Waals surface area contributed by atoms with Gasteiger partial charge in [0.2, 0.25) is 0 Å². The maximum Gasteiger partial charge on any atom is 0.00260 e. The van der Waals surface area contributed by atoms with E-state index >= 15 is 0 Å². The average Bonchev–Trinajstić information content (AvgIpc) is 2.70. The molecule has 0 saturated heterocycles. The van der Waals surface area contributed by atoms with Crippen LogP contribution in [0, 0.1) is 6.92 Å². The number of benzene rings is 1. The van der Waals surface area contributed by atoms with Gasteiger partial charge in [0.25, 0.3) is 0 Å². The lowest BCUT2D eigenvalue weighted by molar-refractivity contribution is 0.626. The number of hydrogen-bond acceptors (Lipinski definition) is 0. The number of aryl methyl sites for hydroxylation is 3. The van der Waals surface area contributed by atoms with Crippen LogP contribution in [0.15, 0.2) is 23.8 Å².